The molecule has 1 heterocycles. The number of fused-ring (bicyclic) bond motifs is 1. The van der Waals surface area contributed by atoms with E-state index in [-0.39, 0.29) is 47.4 Å². The summed E-state index contributed by atoms with van der Waals surface area (Å²) in [7, 11) is -2.51. The van der Waals surface area contributed by atoms with E-state index in [0.717, 1.165) is 31.2 Å². The van der Waals surface area contributed by atoms with Crippen LogP contribution in [0.25, 0.3) is 0 Å². The molecule has 1 aliphatic heterocycles. The van der Waals surface area contributed by atoms with Gasteiger partial charge in [-0.25, -0.2) is 13.1 Å². The van der Waals surface area contributed by atoms with E-state index in [4.69, 9.17) is 10.5 Å². The van der Waals surface area contributed by atoms with Crippen LogP contribution in [0.15, 0.2) is 47.4 Å². The summed E-state index contributed by atoms with van der Waals surface area (Å²) in [5, 5.41) is 0. The highest BCUT2D eigenvalue weighted by atomic mass is 32.2. The Morgan fingerprint density at radius 1 is 1.00 bits per heavy atom. The smallest absolute Gasteiger partial charge is 0.244 e. The first-order chi connectivity index (χ1) is 15.3. The predicted octanol–water partition coefficient (Wildman–Crippen LogP) is 2.43. The Morgan fingerprint density at radius 2 is 1.59 bits per heavy atom. The lowest BCUT2D eigenvalue weighted by Gasteiger charge is -2.19. The van der Waals surface area contributed by atoms with Gasteiger partial charge in [0.2, 0.25) is 21.8 Å². The van der Waals surface area contributed by atoms with Gasteiger partial charge in [0.1, 0.15) is 10.6 Å². The van der Waals surface area contributed by atoms with E-state index in [1.807, 2.05) is 0 Å². The molecule has 1 saturated heterocycles. The molecule has 0 aromatic heterocycles. The van der Waals surface area contributed by atoms with Gasteiger partial charge in [-0.05, 0) is 48.2 Å². The van der Waals surface area contributed by atoms with E-state index >= 15 is 0 Å². The van der Waals surface area contributed by atoms with Crippen molar-refractivity contribution >= 4 is 27.5 Å². The maximum atomic E-state index is 13.0. The second-order valence-corrected chi connectivity index (χ2v) is 10.0. The van der Waals surface area contributed by atoms with Crippen LogP contribution in [-0.2, 0) is 32.7 Å². The molecule has 3 N–H and O–H groups in total. The van der Waals surface area contributed by atoms with Gasteiger partial charge in [0, 0.05) is 12.2 Å². The molecule has 4 rings (SSSR count). The average molecular weight is 458 g/mol. The number of amides is 2. The number of sulfonamides is 1. The molecule has 9 heteroatoms. The fraction of sp³-hybridized carbons (Fsp3) is 0.391. The van der Waals surface area contributed by atoms with Crippen LogP contribution in [0.2, 0.25) is 0 Å². The minimum absolute atomic E-state index is 0.0375. The van der Waals surface area contributed by atoms with Crippen LogP contribution in [0, 0.1) is 11.8 Å². The number of benzene rings is 2. The number of nitrogens with one attached hydrogen (secondary N) is 1. The third kappa shape index (κ3) is 4.35. The number of nitrogens with two attached hydrogens (primary N) is 1. The number of carbonyl (C=O) groups is 2. The second-order valence-electron chi connectivity index (χ2n) is 8.31. The maximum absolute atomic E-state index is 13.0. The van der Waals surface area contributed by atoms with Gasteiger partial charge in [0.25, 0.3) is 0 Å². The molecule has 1 saturated carbocycles. The number of methoxy groups -OCH3 is 1. The van der Waals surface area contributed by atoms with E-state index in [1.54, 1.807) is 36.4 Å². The number of rotatable bonds is 7. The highest BCUT2D eigenvalue weighted by Crippen LogP contribution is 2.39. The van der Waals surface area contributed by atoms with Gasteiger partial charge in [0.05, 0.1) is 25.5 Å². The largest absolute Gasteiger partial charge is 0.495 e. The number of imide groups is 1. The summed E-state index contributed by atoms with van der Waals surface area (Å²) in [5.74, 6) is -0.590. The Balaban J connectivity index is 1.55. The number of hydrogen-bond donors (Lipinski definition) is 2. The molecule has 0 spiro atoms. The summed E-state index contributed by atoms with van der Waals surface area (Å²) in [5.41, 5.74) is 7.58. The van der Waals surface area contributed by atoms with Crippen LogP contribution in [0.4, 0.5) is 5.69 Å². The molecule has 2 unspecified atom stereocenters. The molecule has 2 aromatic carbocycles. The number of likely N-dealkylation sites (tertiary alicyclic amines) is 1. The average Bonchev–Trinajstić information content (AvgIpc) is 3.04. The minimum Gasteiger partial charge on any atom is -0.495 e. The summed E-state index contributed by atoms with van der Waals surface area (Å²) >= 11 is 0. The van der Waals surface area contributed by atoms with E-state index in [0.29, 0.717) is 11.3 Å². The van der Waals surface area contributed by atoms with Crippen LogP contribution in [0.1, 0.15) is 36.8 Å². The molecule has 8 nitrogen and oxygen atoms in total. The summed E-state index contributed by atoms with van der Waals surface area (Å²) in [6.07, 6.45) is 3.39. The van der Waals surface area contributed by atoms with Gasteiger partial charge in [-0.1, -0.05) is 31.0 Å². The standard InChI is InChI=1S/C23H27N3O5S/c1-31-20-11-8-16(14-26-22(27)18-4-2-3-5-19(18)23(26)28)12-21(20)32(29,30)25-13-15-6-9-17(24)10-7-15/h6-12,18-19,25H,2-5,13-14,24H2,1H3. The van der Waals surface area contributed by atoms with Gasteiger partial charge >= 0.3 is 0 Å². The zero-order chi connectivity index (χ0) is 22.9. The van der Waals surface area contributed by atoms with E-state index < -0.39 is 10.0 Å². The van der Waals surface area contributed by atoms with Gasteiger partial charge in [-0.15, -0.1) is 0 Å². The third-order valence-electron chi connectivity index (χ3n) is 6.24. The topological polar surface area (TPSA) is 119 Å². The molecular weight excluding hydrogens is 430 g/mol. The van der Waals surface area contributed by atoms with E-state index in [9.17, 15) is 18.0 Å². The lowest BCUT2D eigenvalue weighted by molar-refractivity contribution is -0.140. The number of nitrogens with zero attached hydrogens (tertiary/aromatic N) is 1. The monoisotopic (exact) mass is 457 g/mol. The van der Waals surface area contributed by atoms with Crippen molar-refractivity contribution in [1.82, 2.24) is 9.62 Å². The molecule has 0 radical (unpaired) electrons. The normalized spacial score (nSPS) is 21.0. The van der Waals surface area contributed by atoms with Gasteiger partial charge in [-0.3, -0.25) is 14.5 Å². The Morgan fingerprint density at radius 3 is 2.19 bits per heavy atom. The first-order valence-corrected chi connectivity index (χ1v) is 12.1. The van der Waals surface area contributed by atoms with Crippen molar-refractivity contribution in [2.45, 2.75) is 43.7 Å². The molecule has 2 aliphatic rings. The zero-order valence-corrected chi connectivity index (χ0v) is 18.7. The van der Waals surface area contributed by atoms with Crippen LogP contribution in [0.3, 0.4) is 0 Å². The fourth-order valence-electron chi connectivity index (χ4n) is 4.49. The van der Waals surface area contributed by atoms with Crippen LogP contribution < -0.4 is 15.2 Å². The molecule has 2 aromatic rings. The highest BCUT2D eigenvalue weighted by Gasteiger charge is 2.47. The van der Waals surface area contributed by atoms with Gasteiger partial charge < -0.3 is 10.5 Å². The number of nitrogen functional groups attached to an aromatic ring is 1. The highest BCUT2D eigenvalue weighted by molar-refractivity contribution is 7.89. The molecule has 2 atom stereocenters. The Labute approximate surface area is 187 Å². The van der Waals surface area contributed by atoms with Crippen molar-refractivity contribution < 1.29 is 22.7 Å². The van der Waals surface area contributed by atoms with Crippen molar-refractivity contribution in [3.8, 4) is 5.75 Å². The Bertz CT molecular complexity index is 1110. The number of ether oxygens (including phenoxy) is 1. The lowest BCUT2D eigenvalue weighted by Crippen LogP contribution is -2.30. The van der Waals surface area contributed by atoms with Gasteiger partial charge in [-0.2, -0.15) is 0 Å². The summed E-state index contributed by atoms with van der Waals surface area (Å²) < 4.78 is 33.9. The second kappa shape index (κ2) is 8.91. The molecule has 0 bridgehead atoms. The third-order valence-corrected chi connectivity index (χ3v) is 7.66. The quantitative estimate of drug-likeness (QED) is 0.487. The maximum Gasteiger partial charge on any atom is 0.244 e. The van der Waals surface area contributed by atoms with Crippen LogP contribution >= 0.6 is 0 Å². The first-order valence-electron chi connectivity index (χ1n) is 10.7. The Kier molecular flexibility index (Phi) is 6.21. The number of hydrogen-bond acceptors (Lipinski definition) is 6. The van der Waals surface area contributed by atoms with Crippen molar-refractivity contribution in [3.05, 3.63) is 53.6 Å². The molecule has 1 aliphatic carbocycles. The molecule has 170 valence electrons. The van der Waals surface area contributed by atoms with Crippen molar-refractivity contribution in [2.75, 3.05) is 12.8 Å². The SMILES string of the molecule is COc1ccc(CN2C(=O)C3CCCCC3C2=O)cc1S(=O)(=O)NCc1ccc(N)cc1. The van der Waals surface area contributed by atoms with E-state index in [2.05, 4.69) is 4.72 Å². The minimum atomic E-state index is -3.91. The van der Waals surface area contributed by atoms with E-state index in [1.165, 1.54) is 18.1 Å². The molecule has 32 heavy (non-hydrogen) atoms. The van der Waals surface area contributed by atoms with Crippen molar-refractivity contribution in [2.24, 2.45) is 11.8 Å². The number of anilines is 1. The zero-order valence-electron chi connectivity index (χ0n) is 17.9. The summed E-state index contributed by atoms with van der Waals surface area (Å²) in [4.78, 5) is 26.8. The van der Waals surface area contributed by atoms with Gasteiger partial charge in [0.15, 0.2) is 0 Å². The number of carbonyl (C=O) groups excluding carboxylic acids is 2. The molecule has 2 fully saturated rings. The van der Waals surface area contributed by atoms with Crippen molar-refractivity contribution in [3.63, 3.8) is 0 Å². The van der Waals surface area contributed by atoms with Crippen LogP contribution in [-0.4, -0.2) is 32.2 Å². The fourth-order valence-corrected chi connectivity index (χ4v) is 5.73. The van der Waals surface area contributed by atoms with Crippen molar-refractivity contribution in [1.29, 1.82) is 0 Å². The van der Waals surface area contributed by atoms with Crippen LogP contribution in [0.5, 0.6) is 5.75 Å². The summed E-state index contributed by atoms with van der Waals surface area (Å²) in [6, 6.07) is 11.6. The molecule has 2 amide bonds. The first kappa shape index (κ1) is 22.3. The summed E-state index contributed by atoms with van der Waals surface area (Å²) in [6.45, 7) is 0.137. The predicted molar refractivity (Wildman–Crippen MR) is 119 cm³/mol. The lowest BCUT2D eigenvalue weighted by atomic mass is 9.81. The molecular formula is C23H27N3O5S. The Hall–Kier alpha value is -2.91.